The second-order valence-electron chi connectivity index (χ2n) is 4.17. The average molecular weight is 225 g/mol. The molecule has 1 saturated carbocycles. The van der Waals surface area contributed by atoms with Crippen LogP contribution in [0.25, 0.3) is 0 Å². The third kappa shape index (κ3) is 1.88. The molecule has 1 atom stereocenters. The van der Waals surface area contributed by atoms with Crippen LogP contribution >= 0.6 is 0 Å². The number of H-pyrrole nitrogens is 1. The van der Waals surface area contributed by atoms with Gasteiger partial charge in [0.25, 0.3) is 5.56 Å². The predicted octanol–water partition coefficient (Wildman–Crippen LogP) is 0.376. The van der Waals surface area contributed by atoms with E-state index >= 15 is 0 Å². The molecule has 0 saturated heterocycles. The van der Waals surface area contributed by atoms with Crippen LogP contribution in [0.2, 0.25) is 0 Å². The molecule has 6 nitrogen and oxygen atoms in total. The summed E-state index contributed by atoms with van der Waals surface area (Å²) in [5.41, 5.74) is 5.51. The fraction of sp³-hybridized carbons (Fsp3) is 0.600. The number of aromatic amines is 1. The molecule has 0 aliphatic heterocycles. The number of aliphatic carboxylic acids is 1. The maximum absolute atomic E-state index is 11.6. The second kappa shape index (κ2) is 4.13. The number of hydrogen-bond donors (Lipinski definition) is 3. The van der Waals surface area contributed by atoms with Crippen molar-refractivity contribution in [2.75, 3.05) is 0 Å². The van der Waals surface area contributed by atoms with Gasteiger partial charge in [0.15, 0.2) is 0 Å². The Balaban J connectivity index is 2.28. The molecule has 16 heavy (non-hydrogen) atoms. The minimum Gasteiger partial charge on any atom is -0.480 e. The van der Waals surface area contributed by atoms with Crippen molar-refractivity contribution in [1.29, 1.82) is 0 Å². The van der Waals surface area contributed by atoms with Crippen LogP contribution < -0.4 is 11.3 Å². The molecule has 1 aliphatic carbocycles. The average Bonchev–Trinajstić information content (AvgIpc) is 2.84. The standard InChI is InChI=1S/C10H15N3O3/c11-9(10(15)16)7-5-8(14)13(12-7)6-3-1-2-4-6/h5-6,9,12H,1-4,11H2,(H,15,16). The summed E-state index contributed by atoms with van der Waals surface area (Å²) < 4.78 is 1.51. The van der Waals surface area contributed by atoms with Crippen LogP contribution in [0.1, 0.15) is 43.5 Å². The smallest absolute Gasteiger partial charge is 0.326 e. The lowest BCUT2D eigenvalue weighted by Gasteiger charge is -2.10. The monoisotopic (exact) mass is 225 g/mol. The van der Waals surface area contributed by atoms with Crippen molar-refractivity contribution in [3.8, 4) is 0 Å². The van der Waals surface area contributed by atoms with Gasteiger partial charge >= 0.3 is 5.97 Å². The van der Waals surface area contributed by atoms with Gasteiger partial charge in [-0.25, -0.2) is 4.68 Å². The van der Waals surface area contributed by atoms with Gasteiger partial charge in [-0.2, -0.15) is 0 Å². The number of nitrogens with one attached hydrogen (secondary N) is 1. The van der Waals surface area contributed by atoms with E-state index in [4.69, 9.17) is 10.8 Å². The van der Waals surface area contributed by atoms with Gasteiger partial charge in [-0.3, -0.25) is 14.7 Å². The molecule has 88 valence electrons. The molecule has 0 amide bonds. The van der Waals surface area contributed by atoms with Gasteiger partial charge in [0.1, 0.15) is 6.04 Å². The highest BCUT2D eigenvalue weighted by Gasteiger charge is 2.22. The van der Waals surface area contributed by atoms with Gasteiger partial charge in [0.05, 0.1) is 11.7 Å². The molecule has 1 aromatic rings. The molecule has 6 heteroatoms. The molecular formula is C10H15N3O3. The van der Waals surface area contributed by atoms with Crippen molar-refractivity contribution in [2.45, 2.75) is 37.8 Å². The summed E-state index contributed by atoms with van der Waals surface area (Å²) in [5.74, 6) is -1.14. The van der Waals surface area contributed by atoms with Gasteiger partial charge in [-0.15, -0.1) is 0 Å². The molecule has 0 bridgehead atoms. The van der Waals surface area contributed by atoms with Gasteiger partial charge in [-0.1, -0.05) is 12.8 Å². The fourth-order valence-corrected chi connectivity index (χ4v) is 2.16. The lowest BCUT2D eigenvalue weighted by Crippen LogP contribution is -2.22. The van der Waals surface area contributed by atoms with Gasteiger partial charge in [-0.05, 0) is 12.8 Å². The Morgan fingerprint density at radius 3 is 2.75 bits per heavy atom. The minimum atomic E-state index is -1.16. The highest BCUT2D eigenvalue weighted by atomic mass is 16.4. The van der Waals surface area contributed by atoms with Crippen molar-refractivity contribution >= 4 is 5.97 Å². The number of carboxylic acids is 1. The van der Waals surface area contributed by atoms with E-state index in [9.17, 15) is 9.59 Å². The van der Waals surface area contributed by atoms with Crippen LogP contribution in [0.15, 0.2) is 10.9 Å². The Morgan fingerprint density at radius 2 is 2.19 bits per heavy atom. The van der Waals surface area contributed by atoms with Crippen LogP contribution in [-0.2, 0) is 4.79 Å². The molecule has 1 unspecified atom stereocenters. The SMILES string of the molecule is NC(C(=O)O)c1cc(=O)n(C2CCCC2)[nH]1. The summed E-state index contributed by atoms with van der Waals surface area (Å²) in [4.78, 5) is 22.3. The zero-order chi connectivity index (χ0) is 11.7. The second-order valence-corrected chi connectivity index (χ2v) is 4.17. The molecule has 4 N–H and O–H groups in total. The molecular weight excluding hydrogens is 210 g/mol. The Bertz CT molecular complexity index is 442. The Hall–Kier alpha value is -1.56. The molecule has 0 spiro atoms. The first-order valence-electron chi connectivity index (χ1n) is 5.39. The summed E-state index contributed by atoms with van der Waals surface area (Å²) >= 11 is 0. The first-order chi connectivity index (χ1) is 7.59. The van der Waals surface area contributed by atoms with E-state index in [-0.39, 0.29) is 17.3 Å². The van der Waals surface area contributed by atoms with Crippen LogP contribution in [0.4, 0.5) is 0 Å². The van der Waals surface area contributed by atoms with Crippen molar-refractivity contribution < 1.29 is 9.90 Å². The van der Waals surface area contributed by atoms with Crippen molar-refractivity contribution in [2.24, 2.45) is 5.73 Å². The highest BCUT2D eigenvalue weighted by Crippen LogP contribution is 2.27. The molecule has 1 aromatic heterocycles. The Morgan fingerprint density at radius 1 is 1.56 bits per heavy atom. The van der Waals surface area contributed by atoms with Crippen LogP contribution in [0.3, 0.4) is 0 Å². The number of hydrogen-bond acceptors (Lipinski definition) is 3. The van der Waals surface area contributed by atoms with Gasteiger partial charge in [0, 0.05) is 6.07 Å². The van der Waals surface area contributed by atoms with E-state index in [0.29, 0.717) is 0 Å². The third-order valence-electron chi connectivity index (χ3n) is 3.06. The maximum atomic E-state index is 11.6. The first kappa shape index (κ1) is 10.9. The van der Waals surface area contributed by atoms with E-state index < -0.39 is 12.0 Å². The lowest BCUT2D eigenvalue weighted by molar-refractivity contribution is -0.138. The molecule has 0 aromatic carbocycles. The van der Waals surface area contributed by atoms with E-state index in [1.807, 2.05) is 0 Å². The quantitative estimate of drug-likeness (QED) is 0.692. The number of nitrogens with two attached hydrogens (primary N) is 1. The summed E-state index contributed by atoms with van der Waals surface area (Å²) in [6.07, 6.45) is 4.14. The zero-order valence-corrected chi connectivity index (χ0v) is 8.85. The number of carboxylic acid groups (broad SMARTS) is 1. The number of carbonyl (C=O) groups is 1. The van der Waals surface area contributed by atoms with E-state index in [0.717, 1.165) is 25.7 Å². The predicted molar refractivity (Wildman–Crippen MR) is 57.1 cm³/mol. The Kier molecular flexibility index (Phi) is 2.82. The largest absolute Gasteiger partial charge is 0.480 e. The van der Waals surface area contributed by atoms with Crippen molar-refractivity contribution in [1.82, 2.24) is 9.78 Å². The summed E-state index contributed by atoms with van der Waals surface area (Å²) in [5, 5.41) is 11.5. The van der Waals surface area contributed by atoms with Crippen LogP contribution in [0.5, 0.6) is 0 Å². The van der Waals surface area contributed by atoms with E-state index in [1.54, 1.807) is 0 Å². The Labute approximate surface area is 92.0 Å². The fourth-order valence-electron chi connectivity index (χ4n) is 2.16. The summed E-state index contributed by atoms with van der Waals surface area (Å²) in [6.45, 7) is 0. The first-order valence-corrected chi connectivity index (χ1v) is 5.39. The number of aromatic nitrogens is 2. The van der Waals surface area contributed by atoms with Crippen molar-refractivity contribution in [3.05, 3.63) is 22.1 Å². The van der Waals surface area contributed by atoms with E-state index in [1.165, 1.54) is 10.7 Å². The minimum absolute atomic E-state index is 0.169. The number of nitrogens with zero attached hydrogens (tertiary/aromatic N) is 1. The van der Waals surface area contributed by atoms with E-state index in [2.05, 4.69) is 5.10 Å². The molecule has 0 radical (unpaired) electrons. The molecule has 1 aliphatic rings. The van der Waals surface area contributed by atoms with Crippen LogP contribution in [0, 0.1) is 0 Å². The molecule has 1 fully saturated rings. The third-order valence-corrected chi connectivity index (χ3v) is 3.06. The lowest BCUT2D eigenvalue weighted by atomic mass is 10.2. The maximum Gasteiger partial charge on any atom is 0.326 e. The molecule has 2 rings (SSSR count). The van der Waals surface area contributed by atoms with Gasteiger partial charge < -0.3 is 10.8 Å². The summed E-state index contributed by atoms with van der Waals surface area (Å²) in [7, 11) is 0. The van der Waals surface area contributed by atoms with Crippen LogP contribution in [-0.4, -0.2) is 20.9 Å². The molecule has 1 heterocycles. The highest BCUT2D eigenvalue weighted by molar-refractivity contribution is 5.74. The zero-order valence-electron chi connectivity index (χ0n) is 8.85. The van der Waals surface area contributed by atoms with Crippen molar-refractivity contribution in [3.63, 3.8) is 0 Å². The summed E-state index contributed by atoms with van der Waals surface area (Å²) in [6, 6.07) is 0.287. The topological polar surface area (TPSA) is 101 Å². The normalized spacial score (nSPS) is 18.8. The van der Waals surface area contributed by atoms with Gasteiger partial charge in [0.2, 0.25) is 0 Å². The number of rotatable bonds is 3.